The van der Waals surface area contributed by atoms with Crippen molar-refractivity contribution in [2.75, 3.05) is 47.5 Å². The fourth-order valence-corrected chi connectivity index (χ4v) is 9.86. The minimum absolute atomic E-state index is 0.141. The molecule has 0 saturated heterocycles. The number of carbonyl (C=O) groups excluding carboxylic acids is 3. The molecule has 0 aliphatic rings. The number of rotatable bonds is 66. The number of carboxylic acids is 1. The summed E-state index contributed by atoms with van der Waals surface area (Å²) < 4.78 is 22.8. The zero-order valence-electron chi connectivity index (χ0n) is 58.0. The first-order chi connectivity index (χ1) is 43.6. The highest BCUT2D eigenvalue weighted by molar-refractivity contribution is 5.70. The van der Waals surface area contributed by atoms with Crippen LogP contribution in [-0.4, -0.2) is 82.3 Å². The van der Waals surface area contributed by atoms with E-state index in [9.17, 15) is 19.5 Å². The number of quaternary nitrogens is 1. The van der Waals surface area contributed by atoms with E-state index in [2.05, 4.69) is 148 Å². The summed E-state index contributed by atoms with van der Waals surface area (Å²) in [5.74, 6) is -2.29. The minimum atomic E-state index is -1.63. The molecule has 0 fully saturated rings. The minimum Gasteiger partial charge on any atom is -0.545 e. The monoisotopic (exact) mass is 1240 g/mol. The summed E-state index contributed by atoms with van der Waals surface area (Å²) in [5, 5.41) is 11.8. The Kier molecular flexibility index (Phi) is 65.8. The average Bonchev–Trinajstić information content (AvgIpc) is 3.64. The predicted molar refractivity (Wildman–Crippen MR) is 379 cm³/mol. The van der Waals surface area contributed by atoms with Gasteiger partial charge in [-0.1, -0.05) is 302 Å². The molecule has 0 bridgehead atoms. The Hall–Kier alpha value is -4.57. The molecule has 0 saturated carbocycles. The van der Waals surface area contributed by atoms with Gasteiger partial charge in [0.25, 0.3) is 0 Å². The van der Waals surface area contributed by atoms with Crippen molar-refractivity contribution in [2.24, 2.45) is 0 Å². The Labute approximate surface area is 548 Å². The Morgan fingerprint density at radius 1 is 0.348 bits per heavy atom. The standard InChI is InChI=1S/C80H135NO8/c1-6-8-10-12-14-16-18-20-22-24-26-28-30-32-34-36-37-38-39-40-41-43-45-47-49-51-53-55-57-59-61-63-65-67-69-71-78(83)89-76(75-88-80(79(84)85)86-73-72-81(3,4)5)74-87-77(82)70-68-66-64-62-60-58-56-54-52-50-48-46-44-42-35-33-31-29-27-25-23-21-19-17-15-13-11-9-7-2/h8,10,14,16,19-22,25-28,31-34,37-38,40-41,45,47,76,80H,6-7,9,11-13,15,17-18,23-24,29-30,35-36,39,42-44,46,48-75H2,1-5H3/b10-8-,16-14-,21-19-,22-20-,27-25-,28-26-,33-31-,34-32-,38-37-,41-40-,47-45-. The second-order valence-corrected chi connectivity index (χ2v) is 25.1. The van der Waals surface area contributed by atoms with E-state index in [1.54, 1.807) is 0 Å². The number of hydrogen-bond donors (Lipinski definition) is 0. The van der Waals surface area contributed by atoms with Crippen LogP contribution in [0.5, 0.6) is 0 Å². The lowest BCUT2D eigenvalue weighted by Crippen LogP contribution is -2.44. The highest BCUT2D eigenvalue weighted by atomic mass is 16.7. The molecule has 0 N–H and O–H groups in total. The van der Waals surface area contributed by atoms with E-state index >= 15 is 0 Å². The summed E-state index contributed by atoms with van der Waals surface area (Å²) in [6.07, 6.45) is 96.7. The van der Waals surface area contributed by atoms with Gasteiger partial charge >= 0.3 is 11.9 Å². The second kappa shape index (κ2) is 69.3. The molecule has 0 radical (unpaired) electrons. The van der Waals surface area contributed by atoms with Crippen LogP contribution < -0.4 is 5.11 Å². The summed E-state index contributed by atoms with van der Waals surface area (Å²) in [7, 11) is 5.93. The zero-order chi connectivity index (χ0) is 64.7. The third-order valence-corrected chi connectivity index (χ3v) is 15.4. The number of allylic oxidation sites excluding steroid dienone is 22. The van der Waals surface area contributed by atoms with Gasteiger partial charge in [0.05, 0.1) is 40.3 Å². The smallest absolute Gasteiger partial charge is 0.306 e. The van der Waals surface area contributed by atoms with Gasteiger partial charge in [-0.05, 0) is 116 Å². The van der Waals surface area contributed by atoms with Gasteiger partial charge in [0.2, 0.25) is 0 Å². The van der Waals surface area contributed by atoms with Gasteiger partial charge in [-0.15, -0.1) is 0 Å². The third kappa shape index (κ3) is 70.7. The number of ether oxygens (including phenoxy) is 4. The Morgan fingerprint density at radius 2 is 0.640 bits per heavy atom. The number of hydrogen-bond acceptors (Lipinski definition) is 8. The lowest BCUT2D eigenvalue weighted by atomic mass is 10.0. The molecular weight excluding hydrogens is 1100 g/mol. The maximum atomic E-state index is 12.9. The highest BCUT2D eigenvalue weighted by Crippen LogP contribution is 2.17. The van der Waals surface area contributed by atoms with Crippen LogP contribution in [0.4, 0.5) is 0 Å². The van der Waals surface area contributed by atoms with Crippen molar-refractivity contribution >= 4 is 17.9 Å². The van der Waals surface area contributed by atoms with Gasteiger partial charge in [0, 0.05) is 12.8 Å². The molecule has 2 unspecified atom stereocenters. The summed E-state index contributed by atoms with van der Waals surface area (Å²) in [6.45, 7) is 4.63. The van der Waals surface area contributed by atoms with Gasteiger partial charge in [-0.2, -0.15) is 0 Å². The molecular formula is C80H135NO8. The van der Waals surface area contributed by atoms with Gasteiger partial charge in [0.1, 0.15) is 13.2 Å². The molecule has 9 heteroatoms. The van der Waals surface area contributed by atoms with Crippen LogP contribution in [0.1, 0.15) is 296 Å². The van der Waals surface area contributed by atoms with Crippen LogP contribution >= 0.6 is 0 Å². The lowest BCUT2D eigenvalue weighted by Gasteiger charge is -2.26. The van der Waals surface area contributed by atoms with Crippen molar-refractivity contribution in [3.05, 3.63) is 134 Å². The van der Waals surface area contributed by atoms with Crippen LogP contribution in [-0.2, 0) is 33.3 Å². The molecule has 0 spiro atoms. The largest absolute Gasteiger partial charge is 0.545 e. The van der Waals surface area contributed by atoms with Crippen LogP contribution in [0, 0.1) is 0 Å². The van der Waals surface area contributed by atoms with E-state index in [0.717, 1.165) is 109 Å². The maximum Gasteiger partial charge on any atom is 0.306 e. The SMILES string of the molecule is CC/C=C\C/C=C\C/C=C\C/C=C\C/C=C\C/C=C\C/C=C\C/C=C\CCCCCCCCCCCCC(=O)OC(COC(=O)CCCCCCCCCCCCCCCC/C=C\C/C=C\C/C=C\CCCCCCC)COC(OCC[N+](C)(C)C)C(=O)[O-]. The molecule has 0 aromatic carbocycles. The number of likely N-dealkylation sites (N-methyl/N-ethyl adjacent to an activating group) is 1. The lowest BCUT2D eigenvalue weighted by molar-refractivity contribution is -0.870. The zero-order valence-corrected chi connectivity index (χ0v) is 58.0. The van der Waals surface area contributed by atoms with Crippen molar-refractivity contribution in [1.82, 2.24) is 0 Å². The Morgan fingerprint density at radius 3 is 0.955 bits per heavy atom. The van der Waals surface area contributed by atoms with Crippen molar-refractivity contribution in [3.63, 3.8) is 0 Å². The summed E-state index contributed by atoms with van der Waals surface area (Å²) >= 11 is 0. The predicted octanol–water partition coefficient (Wildman–Crippen LogP) is 21.6. The first-order valence-electron chi connectivity index (χ1n) is 36.3. The van der Waals surface area contributed by atoms with Crippen LogP contribution in [0.3, 0.4) is 0 Å². The first-order valence-corrected chi connectivity index (χ1v) is 36.3. The van der Waals surface area contributed by atoms with Crippen molar-refractivity contribution in [3.8, 4) is 0 Å². The molecule has 0 aromatic rings. The van der Waals surface area contributed by atoms with E-state index < -0.39 is 24.3 Å². The number of unbranched alkanes of at least 4 members (excludes halogenated alkanes) is 29. The molecule has 0 rings (SSSR count). The van der Waals surface area contributed by atoms with Gasteiger partial charge in [-0.3, -0.25) is 9.59 Å². The average molecular weight is 1240 g/mol. The molecule has 0 aliphatic heterocycles. The normalized spacial score (nSPS) is 13.5. The van der Waals surface area contributed by atoms with E-state index in [-0.39, 0.29) is 38.6 Å². The summed E-state index contributed by atoms with van der Waals surface area (Å²) in [4.78, 5) is 37.5. The number of esters is 2. The Bertz CT molecular complexity index is 1930. The summed E-state index contributed by atoms with van der Waals surface area (Å²) in [5.41, 5.74) is 0. The third-order valence-electron chi connectivity index (χ3n) is 15.4. The summed E-state index contributed by atoms with van der Waals surface area (Å²) in [6, 6.07) is 0. The molecule has 9 nitrogen and oxygen atoms in total. The topological polar surface area (TPSA) is 111 Å². The van der Waals surface area contributed by atoms with Crippen LogP contribution in [0.15, 0.2) is 134 Å². The van der Waals surface area contributed by atoms with Crippen molar-refractivity contribution < 1.29 is 42.9 Å². The molecule has 0 aliphatic carbocycles. The van der Waals surface area contributed by atoms with Gasteiger partial charge in [-0.25, -0.2) is 0 Å². The highest BCUT2D eigenvalue weighted by Gasteiger charge is 2.22. The van der Waals surface area contributed by atoms with Crippen LogP contribution in [0.25, 0.3) is 0 Å². The second-order valence-electron chi connectivity index (χ2n) is 25.1. The quantitative estimate of drug-likeness (QED) is 0.0195. The number of carbonyl (C=O) groups is 3. The van der Waals surface area contributed by atoms with Crippen LogP contribution in [0.2, 0.25) is 0 Å². The number of carboxylic acid groups (broad SMARTS) is 1. The van der Waals surface area contributed by atoms with Gasteiger partial charge in [0.15, 0.2) is 12.4 Å². The molecule has 2 atom stereocenters. The van der Waals surface area contributed by atoms with E-state index in [4.69, 9.17) is 18.9 Å². The van der Waals surface area contributed by atoms with E-state index in [1.807, 2.05) is 21.1 Å². The molecule has 89 heavy (non-hydrogen) atoms. The molecule has 508 valence electrons. The first kappa shape index (κ1) is 84.4. The van der Waals surface area contributed by atoms with E-state index in [1.165, 1.54) is 154 Å². The molecule has 0 heterocycles. The Balaban J connectivity index is 4.15. The number of aliphatic carboxylic acids is 1. The fourth-order valence-electron chi connectivity index (χ4n) is 9.86. The van der Waals surface area contributed by atoms with Crippen molar-refractivity contribution in [1.29, 1.82) is 0 Å². The molecule has 0 aromatic heterocycles. The fraction of sp³-hybridized carbons (Fsp3) is 0.688. The van der Waals surface area contributed by atoms with Gasteiger partial charge < -0.3 is 33.3 Å². The number of nitrogens with zero attached hydrogens (tertiary/aromatic N) is 1. The van der Waals surface area contributed by atoms with E-state index in [0.29, 0.717) is 17.4 Å². The maximum absolute atomic E-state index is 12.9. The van der Waals surface area contributed by atoms with Crippen molar-refractivity contribution in [2.45, 2.75) is 309 Å². The molecule has 0 amide bonds.